The van der Waals surface area contributed by atoms with Crippen molar-refractivity contribution in [3.63, 3.8) is 0 Å². The number of hydrogen-bond donors (Lipinski definition) is 1. The van der Waals surface area contributed by atoms with Crippen LogP contribution < -0.4 is 0 Å². The summed E-state index contributed by atoms with van der Waals surface area (Å²) < 4.78 is 5.15. The zero-order valence-electron chi connectivity index (χ0n) is 9.49. The molecule has 0 saturated carbocycles. The number of aliphatic carboxylic acids is 1. The predicted molar refractivity (Wildman–Crippen MR) is 56.6 cm³/mol. The topological polar surface area (TPSA) is 63.6 Å². The molecule has 0 aromatic carbocycles. The third-order valence-electron chi connectivity index (χ3n) is 2.17. The van der Waals surface area contributed by atoms with E-state index in [0.29, 0.717) is 19.3 Å². The van der Waals surface area contributed by atoms with E-state index in [1.54, 1.807) is 0 Å². The molecule has 0 aromatic rings. The molecule has 0 fully saturated rings. The molecule has 1 N–H and O–H groups in total. The highest BCUT2D eigenvalue weighted by Gasteiger charge is 2.13. The second kappa shape index (κ2) is 8.26. The lowest BCUT2D eigenvalue weighted by molar-refractivity contribution is -0.151. The van der Waals surface area contributed by atoms with Crippen molar-refractivity contribution in [1.29, 1.82) is 0 Å². The minimum Gasteiger partial charge on any atom is -0.481 e. The summed E-state index contributed by atoms with van der Waals surface area (Å²) in [6.07, 6.45) is 3.11. The number of carbonyl (C=O) groups excluding carboxylic acids is 1. The van der Waals surface area contributed by atoms with E-state index in [2.05, 4.69) is 0 Å². The Morgan fingerprint density at radius 3 is 2.40 bits per heavy atom. The maximum Gasteiger partial charge on any atom is 0.306 e. The van der Waals surface area contributed by atoms with Gasteiger partial charge in [-0.05, 0) is 19.3 Å². The number of hydrogen-bond acceptors (Lipinski definition) is 3. The summed E-state index contributed by atoms with van der Waals surface area (Å²) in [5.74, 6) is -1.06. The molecule has 0 bridgehead atoms. The first-order valence-corrected chi connectivity index (χ1v) is 5.51. The molecule has 0 radical (unpaired) electrons. The van der Waals surface area contributed by atoms with E-state index in [4.69, 9.17) is 9.84 Å². The molecule has 0 spiro atoms. The smallest absolute Gasteiger partial charge is 0.306 e. The third kappa shape index (κ3) is 7.97. The summed E-state index contributed by atoms with van der Waals surface area (Å²) in [5.41, 5.74) is 0. The summed E-state index contributed by atoms with van der Waals surface area (Å²) >= 11 is 0. The fourth-order valence-electron chi connectivity index (χ4n) is 1.20. The van der Waals surface area contributed by atoms with E-state index in [0.717, 1.165) is 12.8 Å². The van der Waals surface area contributed by atoms with Crippen molar-refractivity contribution in [2.45, 2.75) is 58.5 Å². The number of carboxylic acids is 1. The fourth-order valence-corrected chi connectivity index (χ4v) is 1.20. The molecule has 1 unspecified atom stereocenters. The first-order valence-electron chi connectivity index (χ1n) is 5.51. The average Bonchev–Trinajstić information content (AvgIpc) is 2.20. The Bertz CT molecular complexity index is 201. The van der Waals surface area contributed by atoms with Crippen LogP contribution in [-0.2, 0) is 14.3 Å². The van der Waals surface area contributed by atoms with Crippen LogP contribution in [-0.4, -0.2) is 23.1 Å². The molecular formula is C11H20O4. The first-order chi connectivity index (χ1) is 7.10. The molecule has 4 nitrogen and oxygen atoms in total. The maximum atomic E-state index is 11.2. The van der Waals surface area contributed by atoms with Crippen molar-refractivity contribution in [3.8, 4) is 0 Å². The highest BCUT2D eigenvalue weighted by atomic mass is 16.5. The van der Waals surface area contributed by atoms with Gasteiger partial charge in [-0.15, -0.1) is 0 Å². The van der Waals surface area contributed by atoms with Crippen LogP contribution in [0.4, 0.5) is 0 Å². The van der Waals surface area contributed by atoms with E-state index < -0.39 is 5.97 Å². The van der Waals surface area contributed by atoms with Crippen LogP contribution >= 0.6 is 0 Å². The van der Waals surface area contributed by atoms with Gasteiger partial charge in [0.05, 0.1) is 0 Å². The lowest BCUT2D eigenvalue weighted by Gasteiger charge is -2.14. The number of carboxylic acid groups (broad SMARTS) is 1. The Kier molecular flexibility index (Phi) is 7.68. The van der Waals surface area contributed by atoms with Gasteiger partial charge in [0.25, 0.3) is 0 Å². The molecule has 4 heteroatoms. The van der Waals surface area contributed by atoms with E-state index in [1.807, 2.05) is 13.8 Å². The minimum absolute atomic E-state index is 0.0551. The second-order valence-corrected chi connectivity index (χ2v) is 3.56. The second-order valence-electron chi connectivity index (χ2n) is 3.56. The minimum atomic E-state index is -0.849. The molecular weight excluding hydrogens is 196 g/mol. The largest absolute Gasteiger partial charge is 0.481 e. The van der Waals surface area contributed by atoms with Gasteiger partial charge >= 0.3 is 11.9 Å². The Hall–Kier alpha value is -1.06. The SMILES string of the molecule is CCCCC(=O)OC(CC)CCC(=O)O. The van der Waals surface area contributed by atoms with Crippen LogP contribution in [0.3, 0.4) is 0 Å². The molecule has 0 saturated heterocycles. The van der Waals surface area contributed by atoms with Crippen molar-refractivity contribution in [3.05, 3.63) is 0 Å². The maximum absolute atomic E-state index is 11.2. The van der Waals surface area contributed by atoms with Crippen molar-refractivity contribution in [2.24, 2.45) is 0 Å². The number of carbonyl (C=O) groups is 2. The quantitative estimate of drug-likeness (QED) is 0.632. The molecule has 0 amide bonds. The summed E-state index contributed by atoms with van der Waals surface area (Å²) in [4.78, 5) is 21.6. The van der Waals surface area contributed by atoms with Gasteiger partial charge in [-0.1, -0.05) is 20.3 Å². The molecule has 0 rings (SSSR count). The fraction of sp³-hybridized carbons (Fsp3) is 0.818. The number of rotatable bonds is 8. The Labute approximate surface area is 90.6 Å². The van der Waals surface area contributed by atoms with Crippen molar-refractivity contribution >= 4 is 11.9 Å². The van der Waals surface area contributed by atoms with E-state index in [9.17, 15) is 9.59 Å². The summed E-state index contributed by atoms with van der Waals surface area (Å²) in [6, 6.07) is 0. The average molecular weight is 216 g/mol. The molecule has 88 valence electrons. The highest BCUT2D eigenvalue weighted by Crippen LogP contribution is 2.09. The van der Waals surface area contributed by atoms with Gasteiger partial charge in [0.2, 0.25) is 0 Å². The molecule has 15 heavy (non-hydrogen) atoms. The van der Waals surface area contributed by atoms with E-state index in [-0.39, 0.29) is 18.5 Å². The molecule has 1 atom stereocenters. The van der Waals surface area contributed by atoms with Gasteiger partial charge in [0, 0.05) is 12.8 Å². The number of ether oxygens (including phenoxy) is 1. The zero-order chi connectivity index (χ0) is 11.7. The van der Waals surface area contributed by atoms with Crippen LogP contribution in [0.2, 0.25) is 0 Å². The van der Waals surface area contributed by atoms with Crippen LogP contribution in [0.15, 0.2) is 0 Å². The lowest BCUT2D eigenvalue weighted by atomic mass is 10.1. The van der Waals surface area contributed by atoms with Gasteiger partial charge in [0.1, 0.15) is 6.10 Å². The van der Waals surface area contributed by atoms with Gasteiger partial charge in [-0.2, -0.15) is 0 Å². The Morgan fingerprint density at radius 2 is 1.93 bits per heavy atom. The van der Waals surface area contributed by atoms with Gasteiger partial charge in [0.15, 0.2) is 0 Å². The molecule has 0 aliphatic carbocycles. The van der Waals surface area contributed by atoms with Crippen molar-refractivity contribution < 1.29 is 19.4 Å². The zero-order valence-corrected chi connectivity index (χ0v) is 9.49. The number of esters is 1. The van der Waals surface area contributed by atoms with Crippen LogP contribution in [0.25, 0.3) is 0 Å². The monoisotopic (exact) mass is 216 g/mol. The molecule has 0 aliphatic rings. The molecule has 0 aliphatic heterocycles. The predicted octanol–water partition coefficient (Wildman–Crippen LogP) is 2.36. The van der Waals surface area contributed by atoms with Gasteiger partial charge in [-0.25, -0.2) is 0 Å². The summed E-state index contributed by atoms with van der Waals surface area (Å²) in [5, 5.41) is 8.49. The third-order valence-corrected chi connectivity index (χ3v) is 2.17. The Balaban J connectivity index is 3.77. The first kappa shape index (κ1) is 13.9. The van der Waals surface area contributed by atoms with Crippen molar-refractivity contribution in [1.82, 2.24) is 0 Å². The van der Waals surface area contributed by atoms with Gasteiger partial charge in [-0.3, -0.25) is 9.59 Å². The summed E-state index contributed by atoms with van der Waals surface area (Å²) in [6.45, 7) is 3.90. The summed E-state index contributed by atoms with van der Waals surface area (Å²) in [7, 11) is 0. The van der Waals surface area contributed by atoms with E-state index in [1.165, 1.54) is 0 Å². The van der Waals surface area contributed by atoms with E-state index >= 15 is 0 Å². The highest BCUT2D eigenvalue weighted by molar-refractivity contribution is 5.69. The van der Waals surface area contributed by atoms with Crippen LogP contribution in [0, 0.1) is 0 Å². The standard InChI is InChI=1S/C11H20O4/c1-3-5-6-11(14)15-9(4-2)7-8-10(12)13/h9H,3-8H2,1-2H3,(H,12,13). The Morgan fingerprint density at radius 1 is 1.27 bits per heavy atom. The van der Waals surface area contributed by atoms with Crippen molar-refractivity contribution in [2.75, 3.05) is 0 Å². The van der Waals surface area contributed by atoms with Gasteiger partial charge < -0.3 is 9.84 Å². The van der Waals surface area contributed by atoms with Crippen LogP contribution in [0.1, 0.15) is 52.4 Å². The lowest BCUT2D eigenvalue weighted by Crippen LogP contribution is -2.18. The normalized spacial score (nSPS) is 12.1. The van der Waals surface area contributed by atoms with Crippen LogP contribution in [0.5, 0.6) is 0 Å². The molecule has 0 heterocycles. The number of unbranched alkanes of at least 4 members (excludes halogenated alkanes) is 1. The molecule has 0 aromatic heterocycles.